The summed E-state index contributed by atoms with van der Waals surface area (Å²) in [6.07, 6.45) is 6.54. The van der Waals surface area contributed by atoms with Crippen LogP contribution in [0.3, 0.4) is 0 Å². The van der Waals surface area contributed by atoms with Gasteiger partial charge in [-0.05, 0) is 47.9 Å². The van der Waals surface area contributed by atoms with Crippen molar-refractivity contribution < 1.29 is 34.1 Å². The lowest BCUT2D eigenvalue weighted by Crippen LogP contribution is -2.37. The second-order valence-corrected chi connectivity index (χ2v) is 15.8. The van der Waals surface area contributed by atoms with Gasteiger partial charge in [-0.2, -0.15) is 5.10 Å². The molecule has 0 fully saturated rings. The summed E-state index contributed by atoms with van der Waals surface area (Å²) in [4.78, 5) is 63.6. The van der Waals surface area contributed by atoms with E-state index in [2.05, 4.69) is 30.9 Å². The van der Waals surface area contributed by atoms with Crippen LogP contribution in [0.5, 0.6) is 5.75 Å². The summed E-state index contributed by atoms with van der Waals surface area (Å²) in [5.74, 6) is -0.674. The number of nitrogens with one attached hydrogen (secondary N) is 4. The number of aromatic hydroxyl groups is 1. The Morgan fingerprint density at radius 1 is 0.906 bits per heavy atom. The number of anilines is 1. The van der Waals surface area contributed by atoms with E-state index in [-0.39, 0.29) is 74.2 Å². The Bertz CT molecular complexity index is 2670. The largest absolute Gasteiger partial charge is 0.508 e. The van der Waals surface area contributed by atoms with Crippen molar-refractivity contribution in [1.29, 1.82) is 0 Å². The standard InChI is InChI=1S/C45H48Cl2N10O7/c1-2-29-31(23-53-44(48)40(29)26-3-6-28(59)7-4-26)27-5-8-36(52-22-27)45(63)51-14-13-49-37(60)11-19-64-20-12-38(61)50-15-18-57-17-10-35(55-57)30-21-33(46)42(47)43-41(30)32-24-56(39(62)25-58)16-9-34(32)54-43/h3-8,10,17,21-23,54,58-59H,2,9,11-16,18-20,24-25H2,1H3,(H2,48,53)(H,49,60)(H,50,61)(H,51,63). The molecule has 1 aliphatic rings. The van der Waals surface area contributed by atoms with Gasteiger partial charge in [0.05, 0.1) is 41.0 Å². The number of phenolic OH excluding ortho intramolecular Hbond substituents is 1. The highest BCUT2D eigenvalue weighted by Crippen LogP contribution is 2.42. The molecule has 4 aromatic heterocycles. The number of amides is 4. The Morgan fingerprint density at radius 2 is 1.62 bits per heavy atom. The van der Waals surface area contributed by atoms with E-state index in [1.807, 2.05) is 13.0 Å². The van der Waals surface area contributed by atoms with E-state index in [0.29, 0.717) is 66.1 Å². The Labute approximate surface area is 378 Å². The molecule has 2 aromatic carbocycles. The van der Waals surface area contributed by atoms with E-state index < -0.39 is 6.61 Å². The van der Waals surface area contributed by atoms with Crippen LogP contribution in [0.15, 0.2) is 67.1 Å². The Hall–Kier alpha value is -6.53. The number of nitrogens with zero attached hydrogens (tertiary/aromatic N) is 5. The van der Waals surface area contributed by atoms with Gasteiger partial charge in [-0.1, -0.05) is 48.3 Å². The number of fused-ring (bicyclic) bond motifs is 3. The number of carbonyl (C=O) groups is 4. The molecule has 7 rings (SSSR count). The van der Waals surface area contributed by atoms with Crippen LogP contribution in [-0.2, 0) is 45.1 Å². The number of pyridine rings is 2. The van der Waals surface area contributed by atoms with Gasteiger partial charge in [-0.15, -0.1) is 0 Å². The van der Waals surface area contributed by atoms with Crippen LogP contribution in [0.2, 0.25) is 10.0 Å². The minimum Gasteiger partial charge on any atom is -0.508 e. The Balaban J connectivity index is 0.788. The van der Waals surface area contributed by atoms with Gasteiger partial charge in [0.15, 0.2) is 0 Å². The molecular weight excluding hydrogens is 863 g/mol. The maximum atomic E-state index is 12.8. The van der Waals surface area contributed by atoms with Gasteiger partial charge < -0.3 is 46.5 Å². The van der Waals surface area contributed by atoms with Crippen molar-refractivity contribution in [2.24, 2.45) is 0 Å². The highest BCUT2D eigenvalue weighted by Gasteiger charge is 2.27. The number of aliphatic hydroxyl groups excluding tert-OH is 1. The van der Waals surface area contributed by atoms with E-state index in [1.54, 1.807) is 70.6 Å². The first-order valence-corrected chi connectivity index (χ1v) is 21.6. The molecule has 19 heteroatoms. The van der Waals surface area contributed by atoms with E-state index in [1.165, 1.54) is 0 Å². The first-order valence-electron chi connectivity index (χ1n) is 20.8. The van der Waals surface area contributed by atoms with Crippen molar-refractivity contribution in [1.82, 2.24) is 45.6 Å². The summed E-state index contributed by atoms with van der Waals surface area (Å²) in [6.45, 7) is 3.63. The van der Waals surface area contributed by atoms with E-state index in [0.717, 1.165) is 50.0 Å². The monoisotopic (exact) mass is 910 g/mol. The van der Waals surface area contributed by atoms with Crippen molar-refractivity contribution in [3.8, 4) is 39.3 Å². The van der Waals surface area contributed by atoms with Gasteiger partial charge in [-0.3, -0.25) is 28.8 Å². The third-order valence-corrected chi connectivity index (χ3v) is 11.7. The zero-order chi connectivity index (χ0) is 45.3. The number of H-pyrrole nitrogens is 1. The molecule has 6 aromatic rings. The minimum atomic E-state index is -0.563. The lowest BCUT2D eigenvalue weighted by Gasteiger charge is -2.26. The zero-order valence-electron chi connectivity index (χ0n) is 35.0. The Kier molecular flexibility index (Phi) is 14.8. The SMILES string of the molecule is CCc1c(-c2ccc(C(=O)NCCNC(=O)CCOCCC(=O)NCCn3ccc(-c4cc(Cl)c(Cl)c5[nH]c6c(c45)CN(C(=O)CO)CC6)n3)nc2)cnc(N)c1-c1ccc(O)cc1. The third-order valence-electron chi connectivity index (χ3n) is 10.9. The molecule has 0 spiro atoms. The molecule has 0 unspecified atom stereocenters. The van der Waals surface area contributed by atoms with Crippen LogP contribution >= 0.6 is 23.2 Å². The second kappa shape index (κ2) is 20.8. The molecule has 0 bridgehead atoms. The number of phenols is 1. The van der Waals surface area contributed by atoms with E-state index in [4.69, 9.17) is 38.8 Å². The highest BCUT2D eigenvalue weighted by molar-refractivity contribution is 6.45. The first-order chi connectivity index (χ1) is 30.9. The van der Waals surface area contributed by atoms with Gasteiger partial charge in [0, 0.05) is 109 Å². The summed E-state index contributed by atoms with van der Waals surface area (Å²) in [5, 5.41) is 33.8. The number of nitrogens with two attached hydrogens (primary N) is 1. The highest BCUT2D eigenvalue weighted by atomic mass is 35.5. The zero-order valence-corrected chi connectivity index (χ0v) is 36.6. The molecule has 334 valence electrons. The molecule has 0 radical (unpaired) electrons. The second-order valence-electron chi connectivity index (χ2n) is 15.1. The topological polar surface area (TPSA) is 243 Å². The van der Waals surface area contributed by atoms with Crippen LogP contribution in [-0.4, -0.2) is 109 Å². The molecule has 0 saturated carbocycles. The summed E-state index contributed by atoms with van der Waals surface area (Å²) >= 11 is 13.1. The number of carbonyl (C=O) groups excluding carboxylic acids is 4. The fourth-order valence-electron chi connectivity index (χ4n) is 7.69. The van der Waals surface area contributed by atoms with Gasteiger partial charge in [-0.25, -0.2) is 4.98 Å². The van der Waals surface area contributed by atoms with Gasteiger partial charge in [0.1, 0.15) is 23.9 Å². The number of rotatable bonds is 18. The normalized spacial score (nSPS) is 12.3. The van der Waals surface area contributed by atoms with Crippen molar-refractivity contribution in [3.63, 3.8) is 0 Å². The average Bonchev–Trinajstić information content (AvgIpc) is 3.94. The number of aliphatic hydroxyl groups is 1. The molecule has 8 N–H and O–H groups in total. The number of aromatic nitrogens is 5. The minimum absolute atomic E-state index is 0.0875. The van der Waals surface area contributed by atoms with Crippen molar-refractivity contribution in [2.75, 3.05) is 51.7 Å². The molecule has 1 aliphatic heterocycles. The number of halogens is 2. The summed E-state index contributed by atoms with van der Waals surface area (Å²) in [5.41, 5.74) is 14.6. The number of ether oxygens (including phenoxy) is 1. The van der Waals surface area contributed by atoms with Crippen LogP contribution < -0.4 is 21.7 Å². The van der Waals surface area contributed by atoms with Gasteiger partial charge in [0.25, 0.3) is 5.91 Å². The van der Waals surface area contributed by atoms with Crippen LogP contribution in [0.25, 0.3) is 44.4 Å². The molecule has 0 saturated heterocycles. The maximum absolute atomic E-state index is 12.8. The summed E-state index contributed by atoms with van der Waals surface area (Å²) in [7, 11) is 0. The fourth-order valence-corrected chi connectivity index (χ4v) is 8.09. The van der Waals surface area contributed by atoms with Gasteiger partial charge in [0.2, 0.25) is 17.7 Å². The maximum Gasteiger partial charge on any atom is 0.269 e. The fraction of sp³-hybridized carbons (Fsp3) is 0.311. The predicted molar refractivity (Wildman–Crippen MR) is 243 cm³/mol. The predicted octanol–water partition coefficient (Wildman–Crippen LogP) is 4.65. The number of nitrogen functional groups attached to an aromatic ring is 1. The number of aromatic amines is 1. The molecule has 0 atom stereocenters. The lowest BCUT2D eigenvalue weighted by atomic mass is 9.92. The van der Waals surface area contributed by atoms with Gasteiger partial charge >= 0.3 is 0 Å². The first kappa shape index (κ1) is 45.5. The summed E-state index contributed by atoms with van der Waals surface area (Å²) < 4.78 is 7.22. The van der Waals surface area contributed by atoms with E-state index >= 15 is 0 Å². The quantitative estimate of drug-likeness (QED) is 0.0586. The summed E-state index contributed by atoms with van der Waals surface area (Å²) in [6, 6.07) is 13.8. The van der Waals surface area contributed by atoms with Crippen molar-refractivity contribution in [3.05, 3.63) is 99.7 Å². The number of benzene rings is 2. The van der Waals surface area contributed by atoms with E-state index in [9.17, 15) is 29.4 Å². The van der Waals surface area contributed by atoms with Crippen LogP contribution in [0.4, 0.5) is 5.82 Å². The number of hydrogen-bond acceptors (Lipinski definition) is 11. The van der Waals surface area contributed by atoms with Crippen LogP contribution in [0, 0.1) is 0 Å². The Morgan fingerprint density at radius 3 is 2.33 bits per heavy atom. The molecule has 17 nitrogen and oxygen atoms in total. The average molecular weight is 912 g/mol. The van der Waals surface area contributed by atoms with Crippen molar-refractivity contribution >= 4 is 63.6 Å². The smallest absolute Gasteiger partial charge is 0.269 e. The lowest BCUT2D eigenvalue weighted by molar-refractivity contribution is -0.135. The molecule has 64 heavy (non-hydrogen) atoms. The van der Waals surface area contributed by atoms with Crippen molar-refractivity contribution in [2.45, 2.75) is 45.7 Å². The molecule has 0 aliphatic carbocycles. The molecule has 4 amide bonds. The molecule has 5 heterocycles. The number of hydrogen-bond donors (Lipinski definition) is 7. The van der Waals surface area contributed by atoms with Crippen LogP contribution in [0.1, 0.15) is 47.1 Å². The molecular formula is C45H48Cl2N10O7. The third kappa shape index (κ3) is 10.5.